The summed E-state index contributed by atoms with van der Waals surface area (Å²) in [5, 5.41) is 10.8. The molecule has 1 rings (SSSR count). The fourth-order valence-corrected chi connectivity index (χ4v) is 1.02. The molecule has 1 aromatic rings. The lowest BCUT2D eigenvalue weighted by Crippen LogP contribution is -2.25. The van der Waals surface area contributed by atoms with Crippen molar-refractivity contribution in [2.24, 2.45) is 0 Å². The zero-order valence-electron chi connectivity index (χ0n) is 8.90. The van der Waals surface area contributed by atoms with E-state index in [1.54, 1.807) is 12.1 Å². The SMILES string of the molecule is Cc1ccc(NC(=O)C(=O)OCCO)cc1. The number of aliphatic hydroxyl groups is 1. The Morgan fingerprint density at radius 1 is 1.31 bits per heavy atom. The van der Waals surface area contributed by atoms with Crippen molar-refractivity contribution >= 4 is 17.6 Å². The van der Waals surface area contributed by atoms with Gasteiger partial charge in [-0.2, -0.15) is 0 Å². The molecule has 0 spiro atoms. The van der Waals surface area contributed by atoms with Crippen LogP contribution in [0.1, 0.15) is 5.56 Å². The van der Waals surface area contributed by atoms with Crippen LogP contribution >= 0.6 is 0 Å². The minimum Gasteiger partial charge on any atom is -0.456 e. The molecule has 1 amide bonds. The first kappa shape index (κ1) is 12.2. The number of hydrogen-bond donors (Lipinski definition) is 2. The van der Waals surface area contributed by atoms with Crippen molar-refractivity contribution in [2.45, 2.75) is 6.92 Å². The summed E-state index contributed by atoms with van der Waals surface area (Å²) >= 11 is 0. The van der Waals surface area contributed by atoms with E-state index < -0.39 is 11.9 Å². The zero-order chi connectivity index (χ0) is 12.0. The van der Waals surface area contributed by atoms with Gasteiger partial charge in [-0.25, -0.2) is 4.79 Å². The maximum absolute atomic E-state index is 11.2. The molecule has 0 fully saturated rings. The Morgan fingerprint density at radius 2 is 1.94 bits per heavy atom. The van der Waals surface area contributed by atoms with E-state index in [-0.39, 0.29) is 13.2 Å². The number of amides is 1. The number of rotatable bonds is 3. The van der Waals surface area contributed by atoms with E-state index in [9.17, 15) is 9.59 Å². The number of nitrogens with one attached hydrogen (secondary N) is 1. The minimum atomic E-state index is -1.00. The highest BCUT2D eigenvalue weighted by molar-refractivity contribution is 6.37. The third-order valence-electron chi connectivity index (χ3n) is 1.82. The molecule has 86 valence electrons. The van der Waals surface area contributed by atoms with Crippen LogP contribution < -0.4 is 5.32 Å². The summed E-state index contributed by atoms with van der Waals surface area (Å²) < 4.78 is 4.45. The number of aryl methyl sites for hydroxylation is 1. The molecule has 0 saturated heterocycles. The maximum atomic E-state index is 11.2. The van der Waals surface area contributed by atoms with Crippen LogP contribution in [0.25, 0.3) is 0 Å². The van der Waals surface area contributed by atoms with Gasteiger partial charge in [0.25, 0.3) is 0 Å². The van der Waals surface area contributed by atoms with Crippen LogP contribution in [-0.4, -0.2) is 30.2 Å². The predicted molar refractivity (Wildman–Crippen MR) is 57.9 cm³/mol. The summed E-state index contributed by atoms with van der Waals surface area (Å²) in [7, 11) is 0. The van der Waals surface area contributed by atoms with Crippen molar-refractivity contribution < 1.29 is 19.4 Å². The molecule has 0 atom stereocenters. The Hall–Kier alpha value is -1.88. The lowest BCUT2D eigenvalue weighted by atomic mass is 10.2. The maximum Gasteiger partial charge on any atom is 0.397 e. The first-order chi connectivity index (χ1) is 7.63. The first-order valence-corrected chi connectivity index (χ1v) is 4.79. The average molecular weight is 223 g/mol. The van der Waals surface area contributed by atoms with Crippen molar-refractivity contribution in [1.29, 1.82) is 0 Å². The third kappa shape index (κ3) is 3.70. The number of ether oxygens (including phenoxy) is 1. The average Bonchev–Trinajstić information content (AvgIpc) is 2.29. The number of carbonyl (C=O) groups excluding carboxylic acids is 2. The molecular formula is C11H13NO4. The molecule has 0 bridgehead atoms. The van der Waals surface area contributed by atoms with Crippen LogP contribution in [0.5, 0.6) is 0 Å². The second kappa shape index (κ2) is 5.87. The monoisotopic (exact) mass is 223 g/mol. The topological polar surface area (TPSA) is 75.6 Å². The Morgan fingerprint density at radius 3 is 2.50 bits per heavy atom. The van der Waals surface area contributed by atoms with Gasteiger partial charge in [-0.1, -0.05) is 17.7 Å². The van der Waals surface area contributed by atoms with Crippen LogP contribution in [-0.2, 0) is 14.3 Å². The summed E-state index contributed by atoms with van der Waals surface area (Å²) in [6, 6.07) is 7.00. The highest BCUT2D eigenvalue weighted by Crippen LogP contribution is 2.08. The van der Waals surface area contributed by atoms with Gasteiger partial charge in [-0.05, 0) is 19.1 Å². The van der Waals surface area contributed by atoms with E-state index in [0.717, 1.165) is 5.56 Å². The Bertz CT molecular complexity index is 372. The molecule has 0 unspecified atom stereocenters. The molecule has 0 heterocycles. The van der Waals surface area contributed by atoms with Crippen molar-refractivity contribution in [3.63, 3.8) is 0 Å². The zero-order valence-corrected chi connectivity index (χ0v) is 8.90. The van der Waals surface area contributed by atoms with Crippen molar-refractivity contribution in [3.05, 3.63) is 29.8 Å². The molecule has 0 aliphatic carbocycles. The Labute approximate surface area is 93.0 Å². The third-order valence-corrected chi connectivity index (χ3v) is 1.82. The summed E-state index contributed by atoms with van der Waals surface area (Å²) in [5.74, 6) is -1.85. The molecule has 0 aliphatic rings. The first-order valence-electron chi connectivity index (χ1n) is 4.79. The second-order valence-electron chi connectivity index (χ2n) is 3.18. The Kier molecular flexibility index (Phi) is 4.47. The molecule has 16 heavy (non-hydrogen) atoms. The van der Waals surface area contributed by atoms with E-state index in [0.29, 0.717) is 5.69 Å². The van der Waals surface area contributed by atoms with Crippen LogP contribution in [0.3, 0.4) is 0 Å². The lowest BCUT2D eigenvalue weighted by Gasteiger charge is -2.04. The lowest BCUT2D eigenvalue weighted by molar-refractivity contribution is -0.153. The van der Waals surface area contributed by atoms with Gasteiger partial charge in [0, 0.05) is 5.69 Å². The number of benzene rings is 1. The van der Waals surface area contributed by atoms with E-state index >= 15 is 0 Å². The van der Waals surface area contributed by atoms with Crippen molar-refractivity contribution in [1.82, 2.24) is 0 Å². The molecule has 5 nitrogen and oxygen atoms in total. The summed E-state index contributed by atoms with van der Waals surface area (Å²) in [4.78, 5) is 22.3. The highest BCUT2D eigenvalue weighted by atomic mass is 16.5. The number of anilines is 1. The predicted octanol–water partition coefficient (Wildman–Crippen LogP) is 0.469. The smallest absolute Gasteiger partial charge is 0.397 e. The van der Waals surface area contributed by atoms with Gasteiger partial charge < -0.3 is 15.2 Å². The second-order valence-corrected chi connectivity index (χ2v) is 3.18. The molecular weight excluding hydrogens is 210 g/mol. The minimum absolute atomic E-state index is 0.180. The largest absolute Gasteiger partial charge is 0.456 e. The quantitative estimate of drug-likeness (QED) is 0.577. The highest BCUT2D eigenvalue weighted by Gasteiger charge is 2.14. The van der Waals surface area contributed by atoms with Crippen LogP contribution in [0, 0.1) is 6.92 Å². The van der Waals surface area contributed by atoms with Gasteiger partial charge in [0.2, 0.25) is 0 Å². The van der Waals surface area contributed by atoms with Crippen LogP contribution in [0.2, 0.25) is 0 Å². The van der Waals surface area contributed by atoms with Gasteiger partial charge in [-0.3, -0.25) is 4.79 Å². The number of esters is 1. The number of hydrogen-bond acceptors (Lipinski definition) is 4. The summed E-state index contributed by atoms with van der Waals surface area (Å²) in [6.07, 6.45) is 0. The standard InChI is InChI=1S/C11H13NO4/c1-8-2-4-9(5-3-8)12-10(14)11(15)16-7-6-13/h2-5,13H,6-7H2,1H3,(H,12,14). The van der Waals surface area contributed by atoms with E-state index in [2.05, 4.69) is 10.1 Å². The van der Waals surface area contributed by atoms with Crippen molar-refractivity contribution in [3.8, 4) is 0 Å². The van der Waals surface area contributed by atoms with E-state index in [1.165, 1.54) is 0 Å². The molecule has 0 radical (unpaired) electrons. The molecule has 1 aromatic carbocycles. The van der Waals surface area contributed by atoms with Crippen molar-refractivity contribution in [2.75, 3.05) is 18.5 Å². The molecule has 5 heteroatoms. The van der Waals surface area contributed by atoms with E-state index in [4.69, 9.17) is 5.11 Å². The molecule has 0 aliphatic heterocycles. The van der Waals surface area contributed by atoms with Gasteiger partial charge in [0.15, 0.2) is 0 Å². The van der Waals surface area contributed by atoms with Gasteiger partial charge in [0.05, 0.1) is 6.61 Å². The fourth-order valence-electron chi connectivity index (χ4n) is 1.02. The number of aliphatic hydroxyl groups excluding tert-OH is 1. The van der Waals surface area contributed by atoms with Gasteiger partial charge in [-0.15, -0.1) is 0 Å². The summed E-state index contributed by atoms with van der Waals surface area (Å²) in [6.45, 7) is 1.44. The molecule has 2 N–H and O–H groups in total. The Balaban J connectivity index is 2.51. The van der Waals surface area contributed by atoms with Crippen LogP contribution in [0.4, 0.5) is 5.69 Å². The van der Waals surface area contributed by atoms with Gasteiger partial charge in [0.1, 0.15) is 6.61 Å². The summed E-state index contributed by atoms with van der Waals surface area (Å²) in [5.41, 5.74) is 1.58. The molecule has 0 aromatic heterocycles. The molecule has 0 saturated carbocycles. The van der Waals surface area contributed by atoms with Crippen LogP contribution in [0.15, 0.2) is 24.3 Å². The van der Waals surface area contributed by atoms with Gasteiger partial charge >= 0.3 is 11.9 Å². The van der Waals surface area contributed by atoms with E-state index in [1.807, 2.05) is 19.1 Å². The number of carbonyl (C=O) groups is 2. The fraction of sp³-hybridized carbons (Fsp3) is 0.273. The normalized spacial score (nSPS) is 9.62.